The number of hydrogen-bond acceptors (Lipinski definition) is 4. The molecular weight excluding hydrogens is 1110 g/mol. The van der Waals surface area contributed by atoms with Crippen LogP contribution in [0.25, 0.3) is 38.8 Å². The summed E-state index contributed by atoms with van der Waals surface area (Å²) in [5.41, 5.74) is 10.8. The van der Waals surface area contributed by atoms with E-state index in [2.05, 4.69) is 281 Å². The van der Waals surface area contributed by atoms with Crippen molar-refractivity contribution in [2.24, 2.45) is 0 Å². The number of hydrogen-bond donors (Lipinski definition) is 0. The van der Waals surface area contributed by atoms with Gasteiger partial charge in [0.05, 0.1) is 0 Å². The molecule has 9 aromatic carbocycles. The van der Waals surface area contributed by atoms with Crippen LogP contribution in [0, 0.1) is 18.8 Å². The Morgan fingerprint density at radius 2 is 1.04 bits per heavy atom. The summed E-state index contributed by atoms with van der Waals surface area (Å²) in [4.78, 5) is 9.46. The molecule has 2 aromatic heterocycles. The van der Waals surface area contributed by atoms with Crippen LogP contribution >= 0.6 is 0 Å². The van der Waals surface area contributed by atoms with Gasteiger partial charge in [0.1, 0.15) is 5.82 Å². The maximum Gasteiger partial charge on any atom is 0.179 e. The molecule has 12 rings (SSSR count). The summed E-state index contributed by atoms with van der Waals surface area (Å²) in [6.07, 6.45) is 1.92. The van der Waals surface area contributed by atoms with Crippen molar-refractivity contribution in [3.63, 3.8) is 0 Å². The van der Waals surface area contributed by atoms with Crippen LogP contribution in [0.3, 0.4) is 0 Å². The Labute approximate surface area is 457 Å². The van der Waals surface area contributed by atoms with E-state index in [4.69, 9.17) is 9.72 Å². The molecule has 11 aromatic rings. The van der Waals surface area contributed by atoms with Crippen LogP contribution < -0.4 is 35.3 Å². The van der Waals surface area contributed by atoms with E-state index in [1.807, 2.05) is 24.4 Å². The fraction of sp³-hybridized carbons (Fsp3) is 0.118. The van der Waals surface area contributed by atoms with E-state index in [-0.39, 0.29) is 31.9 Å². The standard InChI is InChI=1S/C68H57N4OSi.Pt/c1-67(2,3)50-22-19-23-52(43-50)70-47-71(64-34-17-16-33-63(64)70)53-24-20-25-54(45-53)73-55-36-37-60-61-42-49(35-38-62(61)72(65(60)46-55)66-44-51(39-40-69-66)68(4,5)6)48-21-18-32-59(41-48)74(56-26-10-7-11-27-56,57-28-12-8-13-29-57)58-30-14-9-15-31-58;/h7-44,47H,1-6H3;/q-3;. The van der Waals surface area contributed by atoms with Gasteiger partial charge in [0.25, 0.3) is 0 Å². The summed E-state index contributed by atoms with van der Waals surface area (Å²) in [7, 11) is -2.75. The molecule has 0 fully saturated rings. The third-order valence-corrected chi connectivity index (χ3v) is 19.4. The van der Waals surface area contributed by atoms with Crippen LogP contribution in [-0.4, -0.2) is 17.6 Å². The maximum atomic E-state index is 6.76. The molecule has 0 saturated heterocycles. The molecule has 5 nitrogen and oxygen atoms in total. The first kappa shape index (κ1) is 49.4. The molecule has 1 aliphatic rings. The van der Waals surface area contributed by atoms with Crippen LogP contribution in [0.1, 0.15) is 52.7 Å². The van der Waals surface area contributed by atoms with Crippen LogP contribution in [-0.2, 0) is 31.9 Å². The second-order valence-electron chi connectivity index (χ2n) is 21.4. The van der Waals surface area contributed by atoms with Gasteiger partial charge in [0, 0.05) is 61.3 Å². The van der Waals surface area contributed by atoms with Crippen molar-refractivity contribution < 1.29 is 25.8 Å². The molecule has 0 atom stereocenters. The summed E-state index contributed by atoms with van der Waals surface area (Å²) in [5, 5.41) is 7.54. The molecule has 0 saturated carbocycles. The summed E-state index contributed by atoms with van der Waals surface area (Å²) < 4.78 is 9.00. The van der Waals surface area contributed by atoms with Gasteiger partial charge in [-0.25, -0.2) is 4.98 Å². The molecule has 3 heterocycles. The third-order valence-electron chi connectivity index (χ3n) is 14.6. The van der Waals surface area contributed by atoms with Gasteiger partial charge in [-0.3, -0.25) is 0 Å². The first-order valence-electron chi connectivity index (χ1n) is 25.5. The molecule has 372 valence electrons. The van der Waals surface area contributed by atoms with Gasteiger partial charge >= 0.3 is 0 Å². The number of anilines is 4. The quantitative estimate of drug-likeness (QED) is 0.0776. The molecule has 0 bridgehead atoms. The zero-order valence-electron chi connectivity index (χ0n) is 43.0. The van der Waals surface area contributed by atoms with E-state index in [9.17, 15) is 0 Å². The largest absolute Gasteiger partial charge is 0.509 e. The fourth-order valence-electron chi connectivity index (χ4n) is 10.8. The molecule has 0 N–H and O–H groups in total. The molecule has 1 aliphatic heterocycles. The number of pyridine rings is 1. The second kappa shape index (κ2) is 19.8. The van der Waals surface area contributed by atoms with Gasteiger partial charge in [0.2, 0.25) is 0 Å². The predicted molar refractivity (Wildman–Crippen MR) is 311 cm³/mol. The van der Waals surface area contributed by atoms with E-state index in [0.29, 0.717) is 11.5 Å². The van der Waals surface area contributed by atoms with Crippen molar-refractivity contribution in [1.82, 2.24) is 9.55 Å². The Morgan fingerprint density at radius 3 is 1.71 bits per heavy atom. The number of fused-ring (bicyclic) bond motifs is 4. The Morgan fingerprint density at radius 1 is 0.467 bits per heavy atom. The van der Waals surface area contributed by atoms with Gasteiger partial charge in [-0.05, 0) is 102 Å². The van der Waals surface area contributed by atoms with Crippen molar-refractivity contribution in [1.29, 1.82) is 0 Å². The van der Waals surface area contributed by atoms with Crippen molar-refractivity contribution in [2.75, 3.05) is 9.80 Å². The van der Waals surface area contributed by atoms with E-state index in [1.165, 1.54) is 31.9 Å². The molecule has 0 amide bonds. The average Bonchev–Trinajstić information content (AvgIpc) is 3.98. The summed E-state index contributed by atoms with van der Waals surface area (Å²) in [6, 6.07) is 88.7. The number of rotatable bonds is 10. The normalized spacial score (nSPS) is 12.7. The summed E-state index contributed by atoms with van der Waals surface area (Å²) >= 11 is 0. The van der Waals surface area contributed by atoms with Gasteiger partial charge in [-0.15, -0.1) is 48.1 Å². The average molecular weight is 1170 g/mol. The van der Waals surface area contributed by atoms with E-state index < -0.39 is 8.07 Å². The Balaban J connectivity index is 0.00000602. The Bertz CT molecular complexity index is 3750. The number of ether oxygens (including phenoxy) is 1. The van der Waals surface area contributed by atoms with Crippen molar-refractivity contribution >= 4 is 73.4 Å². The number of para-hydroxylation sites is 2. The zero-order valence-corrected chi connectivity index (χ0v) is 46.3. The maximum absolute atomic E-state index is 6.76. The molecule has 7 heteroatoms. The third kappa shape index (κ3) is 9.11. The van der Waals surface area contributed by atoms with Crippen molar-refractivity contribution in [3.8, 4) is 28.4 Å². The molecular formula is C68H57N4OPtSi-3. The number of aromatic nitrogens is 2. The summed E-state index contributed by atoms with van der Waals surface area (Å²) in [5.74, 6) is 2.01. The van der Waals surface area contributed by atoms with Gasteiger partial charge < -0.3 is 19.1 Å². The van der Waals surface area contributed by atoms with E-state index >= 15 is 0 Å². The van der Waals surface area contributed by atoms with E-state index in [1.54, 1.807) is 0 Å². The van der Waals surface area contributed by atoms with Gasteiger partial charge in [0.15, 0.2) is 8.07 Å². The van der Waals surface area contributed by atoms with Crippen LogP contribution in [0.2, 0.25) is 0 Å². The SMILES string of the molecule is CC(C)(C)c1cccc(N2[CH-]N(c3[c-]c(Oc4[c-]c5c(cc4)c4cc(-c6cccc([Si](c7ccccc7)(c7ccccc7)c7ccccc7)c6)ccc4n5-c4cc(C(C)(C)C)ccn4)ccc3)c3ccccc32)c1.[Pt]. The Kier molecular flexibility index (Phi) is 13.1. The molecule has 0 radical (unpaired) electrons. The smallest absolute Gasteiger partial charge is 0.179 e. The topological polar surface area (TPSA) is 33.5 Å². The first-order valence-corrected chi connectivity index (χ1v) is 27.5. The van der Waals surface area contributed by atoms with Crippen LogP contribution in [0.5, 0.6) is 11.5 Å². The predicted octanol–water partition coefficient (Wildman–Crippen LogP) is 14.6. The van der Waals surface area contributed by atoms with Crippen LogP contribution in [0.15, 0.2) is 231 Å². The minimum absolute atomic E-state index is 0. The monoisotopic (exact) mass is 1170 g/mol. The molecule has 0 spiro atoms. The number of nitrogens with zero attached hydrogens (tertiary/aromatic N) is 4. The first-order chi connectivity index (χ1) is 35.9. The van der Waals surface area contributed by atoms with Gasteiger partial charge in [-0.2, -0.15) is 12.1 Å². The molecule has 0 unspecified atom stereocenters. The Hall–Kier alpha value is -7.76. The molecule has 0 aliphatic carbocycles. The number of benzene rings is 9. The van der Waals surface area contributed by atoms with Crippen molar-refractivity contribution in [3.05, 3.63) is 261 Å². The van der Waals surface area contributed by atoms with E-state index in [0.717, 1.165) is 61.5 Å². The minimum atomic E-state index is -2.75. The van der Waals surface area contributed by atoms with Crippen LogP contribution in [0.4, 0.5) is 22.7 Å². The fourth-order valence-corrected chi connectivity index (χ4v) is 15.6. The minimum Gasteiger partial charge on any atom is -0.509 e. The van der Waals surface area contributed by atoms with Crippen molar-refractivity contribution in [2.45, 2.75) is 52.4 Å². The molecule has 75 heavy (non-hydrogen) atoms. The second-order valence-corrected chi connectivity index (χ2v) is 25.2. The summed E-state index contributed by atoms with van der Waals surface area (Å²) in [6.45, 7) is 15.6. The van der Waals surface area contributed by atoms with Gasteiger partial charge in [-0.1, -0.05) is 199 Å². The zero-order chi connectivity index (χ0) is 50.6.